The molecule has 0 aliphatic rings. The van der Waals surface area contributed by atoms with Crippen molar-refractivity contribution in [3.8, 4) is 0 Å². The number of carbonyl (C=O) groups is 2. The fourth-order valence-corrected chi connectivity index (χ4v) is 3.68. The fourth-order valence-electron chi connectivity index (χ4n) is 3.45. The molecule has 1 N–H and O–H groups in total. The highest BCUT2D eigenvalue weighted by molar-refractivity contribution is 6.31. The van der Waals surface area contributed by atoms with Gasteiger partial charge in [-0.15, -0.1) is 0 Å². The van der Waals surface area contributed by atoms with Crippen LogP contribution in [-0.4, -0.2) is 28.8 Å². The Balaban J connectivity index is 2.23. The highest BCUT2D eigenvalue weighted by Crippen LogP contribution is 2.19. The van der Waals surface area contributed by atoms with Crippen LogP contribution in [0.1, 0.15) is 56.7 Å². The molecule has 0 saturated carbocycles. The quantitative estimate of drug-likeness (QED) is 0.558. The Kier molecular flexibility index (Phi) is 9.38. The topological polar surface area (TPSA) is 49.4 Å². The van der Waals surface area contributed by atoms with Crippen molar-refractivity contribution >= 4 is 23.4 Å². The average Bonchev–Trinajstić information content (AvgIpc) is 2.72. The summed E-state index contributed by atoms with van der Waals surface area (Å²) in [7, 11) is 0. The molecule has 0 radical (unpaired) electrons. The lowest BCUT2D eigenvalue weighted by molar-refractivity contribution is -0.141. The number of aryl methyl sites for hydroxylation is 2. The third-order valence-electron chi connectivity index (χ3n) is 5.39. The van der Waals surface area contributed by atoms with Gasteiger partial charge in [-0.2, -0.15) is 0 Å². The van der Waals surface area contributed by atoms with Crippen molar-refractivity contribution in [3.05, 3.63) is 70.2 Å². The molecule has 0 spiro atoms. The predicted octanol–water partition coefficient (Wildman–Crippen LogP) is 5.30. The van der Waals surface area contributed by atoms with Gasteiger partial charge >= 0.3 is 0 Å². The maximum absolute atomic E-state index is 13.3. The van der Waals surface area contributed by atoms with Gasteiger partial charge < -0.3 is 10.2 Å². The number of hydrogen-bond donors (Lipinski definition) is 1. The molecule has 0 aliphatic carbocycles. The van der Waals surface area contributed by atoms with Crippen LogP contribution in [0.2, 0.25) is 5.02 Å². The molecular formula is C25H33ClN2O2. The summed E-state index contributed by atoms with van der Waals surface area (Å²) in [5.74, 6) is -0.131. The Morgan fingerprint density at radius 1 is 1.07 bits per heavy atom. The Morgan fingerprint density at radius 3 is 2.43 bits per heavy atom. The van der Waals surface area contributed by atoms with Crippen molar-refractivity contribution < 1.29 is 9.59 Å². The minimum atomic E-state index is -0.502. The molecule has 0 saturated heterocycles. The van der Waals surface area contributed by atoms with Crippen LogP contribution in [-0.2, 0) is 22.6 Å². The zero-order valence-electron chi connectivity index (χ0n) is 18.5. The van der Waals surface area contributed by atoms with Gasteiger partial charge in [-0.1, -0.05) is 73.5 Å². The number of rotatable bonds is 10. The Morgan fingerprint density at radius 2 is 1.80 bits per heavy atom. The lowest BCUT2D eigenvalue weighted by Crippen LogP contribution is -2.50. The van der Waals surface area contributed by atoms with Gasteiger partial charge in [-0.25, -0.2) is 0 Å². The standard InChI is InChI=1S/C25H33ClN2O2/c1-5-19(4)27-25(30)23(6-2)28(17-20-11-9-10-18(3)16-20)24(29)15-14-21-12-7-8-13-22(21)26/h7-13,16,19,23H,5-6,14-15,17H2,1-4H3,(H,27,30). The summed E-state index contributed by atoms with van der Waals surface area (Å²) < 4.78 is 0. The molecule has 2 rings (SSSR count). The van der Waals surface area contributed by atoms with Gasteiger partial charge in [-0.3, -0.25) is 9.59 Å². The first kappa shape index (κ1) is 23.9. The van der Waals surface area contributed by atoms with Crippen molar-refractivity contribution in [1.29, 1.82) is 0 Å². The summed E-state index contributed by atoms with van der Waals surface area (Å²) in [5.41, 5.74) is 3.10. The first-order chi connectivity index (χ1) is 14.3. The van der Waals surface area contributed by atoms with Gasteiger partial charge in [0.05, 0.1) is 0 Å². The Hall–Kier alpha value is -2.33. The maximum atomic E-state index is 13.3. The third-order valence-corrected chi connectivity index (χ3v) is 5.76. The van der Waals surface area contributed by atoms with E-state index in [0.29, 0.717) is 30.8 Å². The van der Waals surface area contributed by atoms with Gasteiger partial charge in [0.25, 0.3) is 0 Å². The number of nitrogens with zero attached hydrogens (tertiary/aromatic N) is 1. The summed E-state index contributed by atoms with van der Waals surface area (Å²) in [6.45, 7) is 8.40. The van der Waals surface area contributed by atoms with Crippen LogP contribution in [0, 0.1) is 6.92 Å². The summed E-state index contributed by atoms with van der Waals surface area (Å²) in [5, 5.41) is 3.71. The van der Waals surface area contributed by atoms with E-state index in [4.69, 9.17) is 11.6 Å². The molecule has 0 bridgehead atoms. The van der Waals surface area contributed by atoms with E-state index in [0.717, 1.165) is 23.1 Å². The second-order valence-electron chi connectivity index (χ2n) is 7.84. The van der Waals surface area contributed by atoms with Crippen LogP contribution in [0.3, 0.4) is 0 Å². The molecule has 162 valence electrons. The van der Waals surface area contributed by atoms with Crippen LogP contribution in [0.25, 0.3) is 0 Å². The van der Waals surface area contributed by atoms with E-state index in [2.05, 4.69) is 11.4 Å². The first-order valence-corrected chi connectivity index (χ1v) is 11.1. The van der Waals surface area contributed by atoms with Gasteiger partial charge in [0.15, 0.2) is 0 Å². The normalized spacial score (nSPS) is 12.8. The maximum Gasteiger partial charge on any atom is 0.243 e. The zero-order valence-corrected chi connectivity index (χ0v) is 19.2. The van der Waals surface area contributed by atoms with Gasteiger partial charge in [-0.05, 0) is 50.3 Å². The number of benzene rings is 2. The van der Waals surface area contributed by atoms with Crippen molar-refractivity contribution in [2.75, 3.05) is 0 Å². The lowest BCUT2D eigenvalue weighted by atomic mass is 10.0. The summed E-state index contributed by atoms with van der Waals surface area (Å²) in [6.07, 6.45) is 2.27. The molecule has 0 aromatic heterocycles. The monoisotopic (exact) mass is 428 g/mol. The van der Waals surface area contributed by atoms with E-state index in [1.165, 1.54) is 0 Å². The molecular weight excluding hydrogens is 396 g/mol. The highest BCUT2D eigenvalue weighted by Gasteiger charge is 2.29. The van der Waals surface area contributed by atoms with Gasteiger partial charge in [0, 0.05) is 24.0 Å². The Labute approximate surface area is 185 Å². The van der Waals surface area contributed by atoms with Gasteiger partial charge in [0.1, 0.15) is 6.04 Å². The summed E-state index contributed by atoms with van der Waals surface area (Å²) >= 11 is 6.26. The molecule has 2 amide bonds. The summed E-state index contributed by atoms with van der Waals surface area (Å²) in [6, 6.07) is 15.2. The number of amides is 2. The molecule has 0 aliphatic heterocycles. The molecule has 2 aromatic carbocycles. The van der Waals surface area contributed by atoms with Crippen molar-refractivity contribution in [1.82, 2.24) is 10.2 Å². The zero-order chi connectivity index (χ0) is 22.1. The van der Waals surface area contributed by atoms with E-state index in [1.54, 1.807) is 4.90 Å². The van der Waals surface area contributed by atoms with E-state index >= 15 is 0 Å². The second-order valence-corrected chi connectivity index (χ2v) is 8.25. The molecule has 5 heteroatoms. The molecule has 4 nitrogen and oxygen atoms in total. The van der Waals surface area contributed by atoms with Crippen molar-refractivity contribution in [3.63, 3.8) is 0 Å². The average molecular weight is 429 g/mol. The van der Waals surface area contributed by atoms with E-state index in [-0.39, 0.29) is 17.9 Å². The first-order valence-electron chi connectivity index (χ1n) is 10.7. The van der Waals surface area contributed by atoms with Crippen LogP contribution in [0.4, 0.5) is 0 Å². The molecule has 2 aromatic rings. The number of hydrogen-bond acceptors (Lipinski definition) is 2. The SMILES string of the molecule is CCC(C)NC(=O)C(CC)N(Cc1cccc(C)c1)C(=O)CCc1ccccc1Cl. The predicted molar refractivity (Wildman–Crippen MR) is 123 cm³/mol. The lowest BCUT2D eigenvalue weighted by Gasteiger charge is -2.31. The van der Waals surface area contributed by atoms with Crippen molar-refractivity contribution in [2.24, 2.45) is 0 Å². The smallest absolute Gasteiger partial charge is 0.243 e. The number of nitrogens with one attached hydrogen (secondary N) is 1. The number of carbonyl (C=O) groups excluding carboxylic acids is 2. The second kappa shape index (κ2) is 11.8. The van der Waals surface area contributed by atoms with Crippen LogP contribution in [0.15, 0.2) is 48.5 Å². The third kappa shape index (κ3) is 6.88. The van der Waals surface area contributed by atoms with E-state index in [9.17, 15) is 9.59 Å². The molecule has 2 atom stereocenters. The van der Waals surface area contributed by atoms with E-state index in [1.807, 2.05) is 70.2 Å². The molecule has 30 heavy (non-hydrogen) atoms. The van der Waals surface area contributed by atoms with E-state index < -0.39 is 6.04 Å². The molecule has 0 heterocycles. The summed E-state index contributed by atoms with van der Waals surface area (Å²) in [4.78, 5) is 28.0. The molecule has 2 unspecified atom stereocenters. The molecule has 0 fully saturated rings. The van der Waals surface area contributed by atoms with Gasteiger partial charge in [0.2, 0.25) is 11.8 Å². The largest absolute Gasteiger partial charge is 0.352 e. The highest BCUT2D eigenvalue weighted by atomic mass is 35.5. The van der Waals surface area contributed by atoms with Crippen LogP contribution < -0.4 is 5.32 Å². The number of halogens is 1. The fraction of sp³-hybridized carbons (Fsp3) is 0.440. The van der Waals surface area contributed by atoms with Crippen LogP contribution >= 0.6 is 11.6 Å². The van der Waals surface area contributed by atoms with Crippen molar-refractivity contribution in [2.45, 2.75) is 72.0 Å². The van der Waals surface area contributed by atoms with Crippen LogP contribution in [0.5, 0.6) is 0 Å². The minimum Gasteiger partial charge on any atom is -0.352 e. The minimum absolute atomic E-state index is 0.0393. The Bertz CT molecular complexity index is 853.